The zero-order valence-electron chi connectivity index (χ0n) is 22.8. The van der Waals surface area contributed by atoms with Gasteiger partial charge >= 0.3 is 6.09 Å². The summed E-state index contributed by atoms with van der Waals surface area (Å²) in [6, 6.07) is 14.3. The minimum absolute atomic E-state index is 0.0925. The number of benzene rings is 2. The third-order valence-corrected chi connectivity index (χ3v) is 6.74. The second-order valence-corrected chi connectivity index (χ2v) is 10.9. The van der Waals surface area contributed by atoms with Crippen molar-refractivity contribution in [2.24, 2.45) is 10.5 Å². The molecule has 0 saturated carbocycles. The number of hydrogen-bond acceptors (Lipinski definition) is 6. The number of nitrogens with one attached hydrogen (secondary N) is 1. The Balaban J connectivity index is 1.52. The molecule has 2 atom stereocenters. The maximum Gasteiger partial charge on any atom is 0.408 e. The molecule has 2 aliphatic rings. The van der Waals surface area contributed by atoms with E-state index in [9.17, 15) is 18.8 Å². The molecule has 4 rings (SSSR count). The zero-order chi connectivity index (χ0) is 28.2. The fraction of sp³-hybridized carbons (Fsp3) is 0.448. The van der Waals surface area contributed by atoms with E-state index in [4.69, 9.17) is 9.47 Å². The summed E-state index contributed by atoms with van der Waals surface area (Å²) in [5.41, 5.74) is 0.0169. The first-order valence-corrected chi connectivity index (χ1v) is 13.0. The lowest BCUT2D eigenvalue weighted by Crippen LogP contribution is -2.59. The maximum absolute atomic E-state index is 13.8. The molecule has 1 saturated heterocycles. The van der Waals surface area contributed by atoms with Gasteiger partial charge in [-0.25, -0.2) is 14.2 Å². The Hall–Kier alpha value is -3.95. The van der Waals surface area contributed by atoms with E-state index >= 15 is 0 Å². The van der Waals surface area contributed by atoms with Crippen LogP contribution in [0.2, 0.25) is 0 Å². The van der Waals surface area contributed by atoms with Crippen molar-refractivity contribution in [3.05, 3.63) is 66.0 Å². The summed E-state index contributed by atoms with van der Waals surface area (Å²) in [5, 5.41) is 8.55. The van der Waals surface area contributed by atoms with E-state index in [0.717, 1.165) is 11.3 Å². The van der Waals surface area contributed by atoms with Crippen molar-refractivity contribution in [1.82, 2.24) is 15.2 Å². The van der Waals surface area contributed by atoms with Gasteiger partial charge in [-0.1, -0.05) is 30.3 Å². The lowest BCUT2D eigenvalue weighted by atomic mass is 9.73. The van der Waals surface area contributed by atoms with Crippen molar-refractivity contribution in [1.29, 1.82) is 0 Å². The number of piperidine rings is 1. The van der Waals surface area contributed by atoms with Crippen molar-refractivity contribution in [2.75, 3.05) is 26.7 Å². The van der Waals surface area contributed by atoms with Crippen LogP contribution in [0.4, 0.5) is 9.18 Å². The minimum Gasteiger partial charge on any atom is -0.493 e. The van der Waals surface area contributed by atoms with Gasteiger partial charge in [-0.05, 0) is 57.0 Å². The zero-order valence-corrected chi connectivity index (χ0v) is 22.8. The number of hydrogen-bond donors (Lipinski definition) is 1. The van der Waals surface area contributed by atoms with Gasteiger partial charge in [0, 0.05) is 33.0 Å². The van der Waals surface area contributed by atoms with Gasteiger partial charge in [0.25, 0.3) is 5.91 Å². The van der Waals surface area contributed by atoms with E-state index in [0.29, 0.717) is 25.1 Å². The van der Waals surface area contributed by atoms with Crippen LogP contribution in [0.3, 0.4) is 0 Å². The van der Waals surface area contributed by atoms with Crippen molar-refractivity contribution in [2.45, 2.75) is 51.7 Å². The normalized spacial score (nSPS) is 19.7. The van der Waals surface area contributed by atoms with E-state index in [1.54, 1.807) is 32.7 Å². The third-order valence-electron chi connectivity index (χ3n) is 6.74. The number of alkyl carbamates (subject to hydrolysis) is 1. The predicted molar refractivity (Wildman–Crippen MR) is 144 cm³/mol. The predicted octanol–water partition coefficient (Wildman–Crippen LogP) is 3.78. The number of carbonyl (C=O) groups is 3. The summed E-state index contributed by atoms with van der Waals surface area (Å²) < 4.78 is 24.3. The molecular weight excluding hydrogens is 503 g/mol. The average Bonchev–Trinajstić information content (AvgIpc) is 3.12. The molecule has 0 bridgehead atoms. The number of likely N-dealkylation sites (tertiary alicyclic amines) is 1. The molecule has 0 unspecified atom stereocenters. The fourth-order valence-corrected chi connectivity index (χ4v) is 4.97. The van der Waals surface area contributed by atoms with Crippen LogP contribution in [0.25, 0.3) is 0 Å². The second-order valence-electron chi connectivity index (χ2n) is 10.9. The van der Waals surface area contributed by atoms with Crippen LogP contribution in [-0.4, -0.2) is 71.9 Å². The molecule has 1 fully saturated rings. The Labute approximate surface area is 227 Å². The highest BCUT2D eigenvalue weighted by molar-refractivity contribution is 6.13. The number of fused-ring (bicyclic) bond motifs is 1. The van der Waals surface area contributed by atoms with Gasteiger partial charge in [0.05, 0.1) is 12.3 Å². The van der Waals surface area contributed by atoms with Crippen LogP contribution < -0.4 is 10.1 Å². The molecular formula is C29H35FN4O5. The molecule has 2 heterocycles. The monoisotopic (exact) mass is 538 g/mol. The Morgan fingerprint density at radius 1 is 1.13 bits per heavy atom. The molecule has 0 aromatic heterocycles. The molecule has 1 N–H and O–H groups in total. The topological polar surface area (TPSA) is 101 Å². The Morgan fingerprint density at radius 2 is 1.82 bits per heavy atom. The van der Waals surface area contributed by atoms with E-state index in [-0.39, 0.29) is 37.2 Å². The van der Waals surface area contributed by atoms with Crippen LogP contribution >= 0.6 is 0 Å². The molecule has 39 heavy (non-hydrogen) atoms. The maximum atomic E-state index is 13.8. The Bertz CT molecular complexity index is 1230. The molecule has 0 aliphatic carbocycles. The van der Waals surface area contributed by atoms with Gasteiger partial charge in [0.2, 0.25) is 5.91 Å². The SMILES string of the molecule is CN1N=C2CCN(C(=O)[C@@H](CCOc3ccc(F)cc3)NC(=O)OC(C)(C)C)C[C@@]2(Cc2ccccc2)C1=O. The van der Waals surface area contributed by atoms with Crippen LogP contribution in [0.5, 0.6) is 5.75 Å². The van der Waals surface area contributed by atoms with Gasteiger partial charge < -0.3 is 19.7 Å². The van der Waals surface area contributed by atoms with Gasteiger partial charge in [-0.2, -0.15) is 5.10 Å². The first-order valence-electron chi connectivity index (χ1n) is 13.0. The van der Waals surface area contributed by atoms with E-state index < -0.39 is 23.2 Å². The molecule has 9 nitrogen and oxygen atoms in total. The lowest BCUT2D eigenvalue weighted by molar-refractivity contribution is -0.141. The molecule has 2 aliphatic heterocycles. The molecule has 2 aromatic rings. The van der Waals surface area contributed by atoms with Crippen LogP contribution in [0.15, 0.2) is 59.7 Å². The molecule has 208 valence electrons. The summed E-state index contributed by atoms with van der Waals surface area (Å²) in [6.07, 6.45) is 0.279. The van der Waals surface area contributed by atoms with Crippen molar-refractivity contribution in [3.63, 3.8) is 0 Å². The lowest BCUT2D eigenvalue weighted by Gasteiger charge is -2.40. The first-order chi connectivity index (χ1) is 18.5. The Kier molecular flexibility index (Phi) is 8.22. The minimum atomic E-state index is -0.967. The Morgan fingerprint density at radius 3 is 2.49 bits per heavy atom. The van der Waals surface area contributed by atoms with E-state index in [1.807, 2.05) is 30.3 Å². The van der Waals surface area contributed by atoms with Gasteiger partial charge in [-0.15, -0.1) is 0 Å². The van der Waals surface area contributed by atoms with Gasteiger partial charge in [0.15, 0.2) is 0 Å². The number of ether oxygens (including phenoxy) is 2. The number of amides is 3. The van der Waals surface area contributed by atoms with Crippen LogP contribution in [0, 0.1) is 11.2 Å². The first kappa shape index (κ1) is 28.1. The molecule has 0 radical (unpaired) electrons. The summed E-state index contributed by atoms with van der Waals surface area (Å²) in [7, 11) is 1.63. The number of nitrogens with zero attached hydrogens (tertiary/aromatic N) is 3. The molecule has 2 aromatic carbocycles. The summed E-state index contributed by atoms with van der Waals surface area (Å²) in [5.74, 6) is -0.431. The fourth-order valence-electron chi connectivity index (χ4n) is 4.97. The highest BCUT2D eigenvalue weighted by Gasteiger charge is 2.53. The smallest absolute Gasteiger partial charge is 0.408 e. The van der Waals surface area contributed by atoms with Crippen molar-refractivity contribution < 1.29 is 28.2 Å². The van der Waals surface area contributed by atoms with Crippen molar-refractivity contribution >= 4 is 23.6 Å². The van der Waals surface area contributed by atoms with Crippen LogP contribution in [0.1, 0.15) is 39.2 Å². The highest BCUT2D eigenvalue weighted by atomic mass is 19.1. The van der Waals surface area contributed by atoms with E-state index in [2.05, 4.69) is 10.4 Å². The van der Waals surface area contributed by atoms with E-state index in [1.165, 1.54) is 29.3 Å². The third kappa shape index (κ3) is 6.74. The highest BCUT2D eigenvalue weighted by Crippen LogP contribution is 2.38. The summed E-state index contributed by atoms with van der Waals surface area (Å²) in [6.45, 7) is 5.82. The number of carbonyl (C=O) groups excluding carboxylic acids is 3. The standard InChI is InChI=1S/C29H35FN4O5/c1-28(2,3)39-27(37)31-23(15-17-38-22-12-10-21(30)11-13-22)25(35)34-16-14-24-29(19-34,26(36)33(4)32-24)18-20-8-6-5-7-9-20/h5-13,23H,14-19H2,1-4H3,(H,31,37)/t23-,29-/m1/s1. The largest absolute Gasteiger partial charge is 0.493 e. The molecule has 3 amide bonds. The summed E-state index contributed by atoms with van der Waals surface area (Å²) in [4.78, 5) is 41.5. The number of rotatable bonds is 8. The molecule has 10 heteroatoms. The number of halogens is 1. The van der Waals surface area contributed by atoms with Gasteiger partial charge in [-0.3, -0.25) is 9.59 Å². The summed E-state index contributed by atoms with van der Waals surface area (Å²) >= 11 is 0. The second kappa shape index (κ2) is 11.4. The number of hydrazone groups is 1. The average molecular weight is 539 g/mol. The van der Waals surface area contributed by atoms with Crippen LogP contribution in [-0.2, 0) is 20.7 Å². The quantitative estimate of drug-likeness (QED) is 0.552. The molecule has 0 spiro atoms. The van der Waals surface area contributed by atoms with Gasteiger partial charge in [0.1, 0.15) is 28.6 Å². The van der Waals surface area contributed by atoms with Crippen molar-refractivity contribution in [3.8, 4) is 5.75 Å².